The standard InChI is InChI=1S/C15H24N2O2S/c1-11(2)13-5-7-14(8-6-13)15(16)9-17-20(18,19)10-12-3-4-12/h5-8,11-12,15,17H,3-4,9-10,16H2,1-2H3. The molecule has 5 heteroatoms. The summed E-state index contributed by atoms with van der Waals surface area (Å²) in [5.74, 6) is 1.08. The second-order valence-corrected chi connectivity index (χ2v) is 7.85. The van der Waals surface area contributed by atoms with Gasteiger partial charge in [0.15, 0.2) is 0 Å². The van der Waals surface area contributed by atoms with Gasteiger partial charge in [-0.1, -0.05) is 38.1 Å². The minimum atomic E-state index is -3.17. The Morgan fingerprint density at radius 2 is 1.75 bits per heavy atom. The lowest BCUT2D eigenvalue weighted by molar-refractivity contribution is 0.568. The van der Waals surface area contributed by atoms with Crippen molar-refractivity contribution in [1.82, 2.24) is 4.72 Å². The van der Waals surface area contributed by atoms with E-state index in [9.17, 15) is 8.42 Å². The molecule has 0 aromatic heterocycles. The average molecular weight is 296 g/mol. The Bertz CT molecular complexity index is 533. The normalized spacial score (nSPS) is 17.4. The molecule has 4 nitrogen and oxygen atoms in total. The lowest BCUT2D eigenvalue weighted by Crippen LogP contribution is -2.33. The molecule has 1 atom stereocenters. The highest BCUT2D eigenvalue weighted by molar-refractivity contribution is 7.89. The molecule has 1 aliphatic carbocycles. The molecule has 1 aliphatic rings. The van der Waals surface area contributed by atoms with Crippen LogP contribution in [0.5, 0.6) is 0 Å². The predicted octanol–water partition coefficient (Wildman–Crippen LogP) is 2.14. The number of sulfonamides is 1. The quantitative estimate of drug-likeness (QED) is 0.809. The molecule has 0 radical (unpaired) electrons. The molecule has 1 fully saturated rings. The first-order chi connectivity index (χ1) is 9.37. The molecule has 112 valence electrons. The second kappa shape index (κ2) is 6.24. The van der Waals surface area contributed by atoms with Crippen molar-refractivity contribution in [3.05, 3.63) is 35.4 Å². The molecular weight excluding hydrogens is 272 g/mol. The SMILES string of the molecule is CC(C)c1ccc(C(N)CNS(=O)(=O)CC2CC2)cc1. The second-order valence-electron chi connectivity index (χ2n) is 6.00. The van der Waals surface area contributed by atoms with Crippen molar-refractivity contribution in [2.45, 2.75) is 38.6 Å². The van der Waals surface area contributed by atoms with E-state index in [1.165, 1.54) is 5.56 Å². The van der Waals surface area contributed by atoms with Gasteiger partial charge in [-0.2, -0.15) is 0 Å². The molecule has 1 saturated carbocycles. The summed E-state index contributed by atoms with van der Waals surface area (Å²) in [6.45, 7) is 4.54. The molecular formula is C15H24N2O2S. The fourth-order valence-corrected chi connectivity index (χ4v) is 3.62. The van der Waals surface area contributed by atoms with Gasteiger partial charge in [0.05, 0.1) is 5.75 Å². The van der Waals surface area contributed by atoms with Crippen LogP contribution in [0.3, 0.4) is 0 Å². The first kappa shape index (κ1) is 15.5. The highest BCUT2D eigenvalue weighted by Gasteiger charge is 2.28. The van der Waals surface area contributed by atoms with Crippen LogP contribution in [-0.4, -0.2) is 20.7 Å². The fraction of sp³-hybridized carbons (Fsp3) is 0.600. The lowest BCUT2D eigenvalue weighted by atomic mass is 9.99. The third-order valence-electron chi connectivity index (χ3n) is 3.71. The van der Waals surface area contributed by atoms with E-state index in [0.717, 1.165) is 18.4 Å². The van der Waals surface area contributed by atoms with Gasteiger partial charge in [-0.3, -0.25) is 0 Å². The van der Waals surface area contributed by atoms with Crippen LogP contribution >= 0.6 is 0 Å². The lowest BCUT2D eigenvalue weighted by Gasteiger charge is -2.14. The van der Waals surface area contributed by atoms with Gasteiger partial charge in [0.1, 0.15) is 0 Å². The van der Waals surface area contributed by atoms with E-state index in [2.05, 4.69) is 30.7 Å². The van der Waals surface area contributed by atoms with Crippen molar-refractivity contribution in [3.63, 3.8) is 0 Å². The fourth-order valence-electron chi connectivity index (χ4n) is 2.12. The van der Waals surface area contributed by atoms with E-state index in [1.807, 2.05) is 12.1 Å². The molecule has 1 aromatic carbocycles. The van der Waals surface area contributed by atoms with Gasteiger partial charge in [-0.15, -0.1) is 0 Å². The van der Waals surface area contributed by atoms with E-state index < -0.39 is 10.0 Å². The maximum atomic E-state index is 11.8. The summed E-state index contributed by atoms with van der Waals surface area (Å²) in [7, 11) is -3.17. The monoisotopic (exact) mass is 296 g/mol. The molecule has 3 N–H and O–H groups in total. The predicted molar refractivity (Wildman–Crippen MR) is 82.0 cm³/mol. The first-order valence-electron chi connectivity index (χ1n) is 7.20. The zero-order valence-electron chi connectivity index (χ0n) is 12.2. The minimum absolute atomic E-state index is 0.242. The third kappa shape index (κ3) is 4.58. The molecule has 0 amide bonds. The number of hydrogen-bond donors (Lipinski definition) is 2. The molecule has 0 saturated heterocycles. The molecule has 2 rings (SSSR count). The topological polar surface area (TPSA) is 72.2 Å². The minimum Gasteiger partial charge on any atom is -0.323 e. The number of nitrogens with two attached hydrogens (primary N) is 1. The average Bonchev–Trinajstić information content (AvgIpc) is 3.19. The van der Waals surface area contributed by atoms with Gasteiger partial charge in [0.2, 0.25) is 10.0 Å². The van der Waals surface area contributed by atoms with Crippen LogP contribution in [0.25, 0.3) is 0 Å². The van der Waals surface area contributed by atoms with Crippen LogP contribution < -0.4 is 10.5 Å². The molecule has 0 spiro atoms. The van der Waals surface area contributed by atoms with Crippen molar-refractivity contribution >= 4 is 10.0 Å². The van der Waals surface area contributed by atoms with Crippen LogP contribution in [0, 0.1) is 5.92 Å². The van der Waals surface area contributed by atoms with E-state index in [4.69, 9.17) is 5.73 Å². The highest BCUT2D eigenvalue weighted by atomic mass is 32.2. The largest absolute Gasteiger partial charge is 0.323 e. The van der Waals surface area contributed by atoms with E-state index >= 15 is 0 Å². The maximum Gasteiger partial charge on any atom is 0.211 e. The Morgan fingerprint density at radius 1 is 1.20 bits per heavy atom. The maximum absolute atomic E-state index is 11.8. The third-order valence-corrected chi connectivity index (χ3v) is 5.22. The molecule has 20 heavy (non-hydrogen) atoms. The summed E-state index contributed by atoms with van der Waals surface area (Å²) in [6.07, 6.45) is 2.06. The van der Waals surface area contributed by atoms with Gasteiger partial charge in [-0.25, -0.2) is 13.1 Å². The van der Waals surface area contributed by atoms with Gasteiger partial charge < -0.3 is 5.73 Å². The van der Waals surface area contributed by atoms with Gasteiger partial charge in [0, 0.05) is 12.6 Å². The first-order valence-corrected chi connectivity index (χ1v) is 8.85. The number of nitrogens with one attached hydrogen (secondary N) is 1. The number of benzene rings is 1. The van der Waals surface area contributed by atoms with E-state index in [0.29, 0.717) is 11.8 Å². The Labute approximate surface area is 121 Å². The molecule has 0 heterocycles. The summed E-state index contributed by atoms with van der Waals surface area (Å²) in [5.41, 5.74) is 8.27. The number of rotatable bonds is 7. The van der Waals surface area contributed by atoms with Crippen molar-refractivity contribution in [1.29, 1.82) is 0 Å². The van der Waals surface area contributed by atoms with Gasteiger partial charge in [0.25, 0.3) is 0 Å². The summed E-state index contributed by atoms with van der Waals surface area (Å²) in [5, 5.41) is 0. The van der Waals surface area contributed by atoms with Crippen LogP contribution in [0.1, 0.15) is 49.8 Å². The summed E-state index contributed by atoms with van der Waals surface area (Å²) < 4.78 is 26.2. The van der Waals surface area contributed by atoms with Crippen molar-refractivity contribution < 1.29 is 8.42 Å². The van der Waals surface area contributed by atoms with Crippen LogP contribution in [-0.2, 0) is 10.0 Å². The van der Waals surface area contributed by atoms with Crippen LogP contribution in [0.15, 0.2) is 24.3 Å². The zero-order valence-corrected chi connectivity index (χ0v) is 13.0. The molecule has 0 aliphatic heterocycles. The smallest absolute Gasteiger partial charge is 0.211 e. The van der Waals surface area contributed by atoms with Crippen molar-refractivity contribution in [2.75, 3.05) is 12.3 Å². The van der Waals surface area contributed by atoms with Crippen LogP contribution in [0.2, 0.25) is 0 Å². The molecule has 1 unspecified atom stereocenters. The van der Waals surface area contributed by atoms with Gasteiger partial charge in [-0.05, 0) is 35.8 Å². The highest BCUT2D eigenvalue weighted by Crippen LogP contribution is 2.30. The van der Waals surface area contributed by atoms with E-state index in [1.54, 1.807) is 0 Å². The Kier molecular flexibility index (Phi) is 4.83. The van der Waals surface area contributed by atoms with E-state index in [-0.39, 0.29) is 18.3 Å². The summed E-state index contributed by atoms with van der Waals surface area (Å²) >= 11 is 0. The number of hydrogen-bond acceptors (Lipinski definition) is 3. The van der Waals surface area contributed by atoms with Gasteiger partial charge >= 0.3 is 0 Å². The summed E-state index contributed by atoms with van der Waals surface area (Å²) in [4.78, 5) is 0. The molecule has 1 aromatic rings. The molecule has 0 bridgehead atoms. The zero-order chi connectivity index (χ0) is 14.8. The Hall–Kier alpha value is -0.910. The van der Waals surface area contributed by atoms with Crippen LogP contribution in [0.4, 0.5) is 0 Å². The van der Waals surface area contributed by atoms with Crippen molar-refractivity contribution in [2.24, 2.45) is 11.7 Å². The van der Waals surface area contributed by atoms with Crippen molar-refractivity contribution in [3.8, 4) is 0 Å². The Balaban J connectivity index is 1.89. The Morgan fingerprint density at radius 3 is 2.25 bits per heavy atom. The summed E-state index contributed by atoms with van der Waals surface area (Å²) in [6, 6.07) is 7.77.